The number of aryl methyl sites for hydroxylation is 3. The number of hydrogen-bond donors (Lipinski definition) is 0. The summed E-state index contributed by atoms with van der Waals surface area (Å²) in [6.07, 6.45) is 9.01. The molecule has 0 spiro atoms. The minimum absolute atomic E-state index is 0.172. The third-order valence-corrected chi connectivity index (χ3v) is 15.2. The SMILES string of the molecule is CCCCCCCCOc1ccc(-c2cc(C3=C(c4cc(-c5ccc(C(=O)OCCCCc6ccc7ccc8cccc9ccc6c7c89)cc5)sc4C)C(F)(F)C(F)(F)C3(F)F)c(C)s2)cc1. The Hall–Kier alpha value is -5.65. The molecular formula is C56H50F6O3S2. The largest absolute Gasteiger partial charge is 0.494 e. The monoisotopic (exact) mass is 948 g/mol. The van der Waals surface area contributed by atoms with Gasteiger partial charge < -0.3 is 9.47 Å². The van der Waals surface area contributed by atoms with Crippen LogP contribution in [0.25, 0.3) is 64.3 Å². The second-order valence-electron chi connectivity index (χ2n) is 17.5. The molecule has 0 aliphatic heterocycles. The fourth-order valence-corrected chi connectivity index (χ4v) is 11.5. The molecule has 0 unspecified atom stereocenters. The molecular weight excluding hydrogens is 899 g/mol. The first-order valence-corrected chi connectivity index (χ1v) is 24.6. The zero-order valence-corrected chi connectivity index (χ0v) is 39.2. The summed E-state index contributed by atoms with van der Waals surface area (Å²) in [7, 11) is 0. The van der Waals surface area contributed by atoms with Gasteiger partial charge in [0.05, 0.1) is 18.8 Å². The second-order valence-corrected chi connectivity index (χ2v) is 20.0. The molecule has 346 valence electrons. The Labute approximate surface area is 394 Å². The van der Waals surface area contributed by atoms with Crippen molar-refractivity contribution in [3.63, 3.8) is 0 Å². The van der Waals surface area contributed by atoms with Crippen molar-refractivity contribution in [2.75, 3.05) is 13.2 Å². The molecule has 0 saturated heterocycles. The molecule has 0 saturated carbocycles. The topological polar surface area (TPSA) is 35.5 Å². The number of carbonyl (C=O) groups excluding carboxylic acids is 1. The van der Waals surface area contributed by atoms with Gasteiger partial charge in [-0.3, -0.25) is 0 Å². The van der Waals surface area contributed by atoms with Crippen molar-refractivity contribution in [2.45, 2.75) is 96.3 Å². The second kappa shape index (κ2) is 18.8. The first-order chi connectivity index (χ1) is 32.2. The Kier molecular flexibility index (Phi) is 13.0. The van der Waals surface area contributed by atoms with Gasteiger partial charge in [0.15, 0.2) is 0 Å². The number of thiophene rings is 2. The molecule has 0 bridgehead atoms. The molecule has 0 fully saturated rings. The molecule has 1 aliphatic rings. The first-order valence-electron chi connectivity index (χ1n) is 23.0. The summed E-state index contributed by atoms with van der Waals surface area (Å²) in [6.45, 7) is 5.87. The van der Waals surface area contributed by atoms with Crippen molar-refractivity contribution in [2.24, 2.45) is 0 Å². The number of alkyl halides is 6. The number of halogens is 6. The van der Waals surface area contributed by atoms with Gasteiger partial charge in [-0.15, -0.1) is 22.7 Å². The Bertz CT molecular complexity index is 3070. The average Bonchev–Trinajstić information content (AvgIpc) is 3.93. The predicted octanol–water partition coefficient (Wildman–Crippen LogP) is 17.4. The van der Waals surface area contributed by atoms with Crippen LogP contribution in [0.1, 0.15) is 95.1 Å². The Morgan fingerprint density at radius 1 is 0.567 bits per heavy atom. The van der Waals surface area contributed by atoms with Crippen LogP contribution in [0.3, 0.4) is 0 Å². The van der Waals surface area contributed by atoms with Gasteiger partial charge in [-0.2, -0.15) is 26.3 Å². The summed E-state index contributed by atoms with van der Waals surface area (Å²) in [6, 6.07) is 35.2. The molecule has 1 aliphatic carbocycles. The quantitative estimate of drug-likeness (QED) is 0.0372. The maximum absolute atomic E-state index is 16.0. The smallest absolute Gasteiger partial charge is 0.380 e. The zero-order chi connectivity index (χ0) is 47.1. The molecule has 8 aromatic rings. The number of unbranched alkanes of at least 4 members (excludes halogenated alkanes) is 6. The van der Waals surface area contributed by atoms with Gasteiger partial charge in [-0.1, -0.05) is 106 Å². The molecule has 6 aromatic carbocycles. The van der Waals surface area contributed by atoms with Crippen molar-refractivity contribution in [1.82, 2.24) is 0 Å². The van der Waals surface area contributed by atoms with E-state index in [1.807, 2.05) is 0 Å². The summed E-state index contributed by atoms with van der Waals surface area (Å²) < 4.78 is 106. The third kappa shape index (κ3) is 8.62. The molecule has 11 heteroatoms. The number of carbonyl (C=O) groups is 1. The minimum Gasteiger partial charge on any atom is -0.494 e. The average molecular weight is 949 g/mol. The van der Waals surface area contributed by atoms with Gasteiger partial charge in [0, 0.05) is 30.7 Å². The highest BCUT2D eigenvalue weighted by molar-refractivity contribution is 7.16. The van der Waals surface area contributed by atoms with Gasteiger partial charge >= 0.3 is 23.7 Å². The van der Waals surface area contributed by atoms with Crippen molar-refractivity contribution < 1.29 is 40.6 Å². The number of rotatable bonds is 18. The molecule has 2 aromatic heterocycles. The van der Waals surface area contributed by atoms with Crippen LogP contribution < -0.4 is 4.74 Å². The molecule has 0 amide bonds. The summed E-state index contributed by atoms with van der Waals surface area (Å²) in [4.78, 5) is 14.3. The van der Waals surface area contributed by atoms with Gasteiger partial charge in [0.2, 0.25) is 0 Å². The van der Waals surface area contributed by atoms with Crippen LogP contribution >= 0.6 is 22.7 Å². The fourth-order valence-electron chi connectivity index (χ4n) is 9.42. The maximum Gasteiger partial charge on any atom is 0.380 e. The fraction of sp³-hybridized carbons (Fsp3) is 0.304. The summed E-state index contributed by atoms with van der Waals surface area (Å²) in [5, 5.41) is 7.39. The van der Waals surface area contributed by atoms with Crippen LogP contribution in [0, 0.1) is 13.8 Å². The predicted molar refractivity (Wildman–Crippen MR) is 263 cm³/mol. The number of ether oxygens (including phenoxy) is 2. The Balaban J connectivity index is 0.878. The Morgan fingerprint density at radius 3 is 1.70 bits per heavy atom. The molecule has 2 heterocycles. The molecule has 67 heavy (non-hydrogen) atoms. The zero-order valence-electron chi connectivity index (χ0n) is 37.6. The number of hydrogen-bond acceptors (Lipinski definition) is 5. The highest BCUT2D eigenvalue weighted by atomic mass is 32.1. The van der Waals surface area contributed by atoms with Crippen LogP contribution in [0.2, 0.25) is 0 Å². The normalized spacial score (nSPS) is 15.4. The van der Waals surface area contributed by atoms with E-state index in [9.17, 15) is 4.79 Å². The van der Waals surface area contributed by atoms with E-state index in [1.165, 1.54) is 83.1 Å². The Morgan fingerprint density at radius 2 is 1.09 bits per heavy atom. The molecule has 0 atom stereocenters. The van der Waals surface area contributed by atoms with E-state index in [-0.39, 0.29) is 33.1 Å². The van der Waals surface area contributed by atoms with Crippen LogP contribution in [-0.4, -0.2) is 37.0 Å². The summed E-state index contributed by atoms with van der Waals surface area (Å²) in [5.41, 5.74) is -0.844. The van der Waals surface area contributed by atoms with Gasteiger partial charge in [-0.05, 0) is 148 Å². The highest BCUT2D eigenvalue weighted by Crippen LogP contribution is 2.66. The highest BCUT2D eigenvalue weighted by Gasteiger charge is 2.80. The molecule has 3 nitrogen and oxygen atoms in total. The van der Waals surface area contributed by atoms with Crippen LogP contribution in [0.15, 0.2) is 115 Å². The number of allylic oxidation sites excluding steroid dienone is 2. The van der Waals surface area contributed by atoms with E-state index in [0.717, 1.165) is 54.8 Å². The van der Waals surface area contributed by atoms with Gasteiger partial charge in [0.1, 0.15) is 5.75 Å². The van der Waals surface area contributed by atoms with E-state index in [4.69, 9.17) is 9.47 Å². The lowest BCUT2D eigenvalue weighted by Crippen LogP contribution is -2.48. The van der Waals surface area contributed by atoms with Gasteiger partial charge in [-0.25, -0.2) is 4.79 Å². The third-order valence-electron chi connectivity index (χ3n) is 13.0. The van der Waals surface area contributed by atoms with E-state index in [0.29, 0.717) is 39.7 Å². The van der Waals surface area contributed by atoms with E-state index in [1.54, 1.807) is 48.5 Å². The first kappa shape index (κ1) is 46.5. The van der Waals surface area contributed by atoms with Gasteiger partial charge in [0.25, 0.3) is 0 Å². The lowest BCUT2D eigenvalue weighted by Gasteiger charge is -2.25. The summed E-state index contributed by atoms with van der Waals surface area (Å²) in [5.74, 6) is -15.9. The molecule has 0 radical (unpaired) electrons. The standard InChI is InChI=1S/C56H50F6O3S2/c1-4-5-6-7-8-10-30-64-43-27-24-38(25-28-43)48-33-46(35(3)67-48)52-51(54(57,58)56(61,62)55(52,59)60)45-32-47(66-34(45)2)37-17-22-42(23-18-37)53(63)65-31-11-9-13-36-16-19-41-21-20-39-14-12-15-40-26-29-44(36)50(41)49(39)40/h12,14-29,32-33H,4-11,13,30-31H2,1-3H3. The molecule has 9 rings (SSSR count). The van der Waals surface area contributed by atoms with E-state index < -0.39 is 34.9 Å². The lowest BCUT2D eigenvalue weighted by atomic mass is 9.91. The van der Waals surface area contributed by atoms with Crippen molar-refractivity contribution in [1.29, 1.82) is 0 Å². The van der Waals surface area contributed by atoms with Crippen LogP contribution in [-0.2, 0) is 11.2 Å². The maximum atomic E-state index is 16.0. The van der Waals surface area contributed by atoms with Crippen LogP contribution in [0.4, 0.5) is 26.3 Å². The van der Waals surface area contributed by atoms with Crippen molar-refractivity contribution in [3.8, 4) is 26.6 Å². The van der Waals surface area contributed by atoms with E-state index >= 15 is 26.3 Å². The van der Waals surface area contributed by atoms with Crippen LogP contribution in [0.5, 0.6) is 5.75 Å². The molecule has 0 N–H and O–H groups in total. The summed E-state index contributed by atoms with van der Waals surface area (Å²) >= 11 is 2.10. The number of esters is 1. The number of benzene rings is 6. The van der Waals surface area contributed by atoms with Crippen molar-refractivity contribution >= 4 is 72.1 Å². The minimum atomic E-state index is -5.69. The van der Waals surface area contributed by atoms with E-state index in [2.05, 4.69) is 61.5 Å². The van der Waals surface area contributed by atoms with Crippen molar-refractivity contribution in [3.05, 3.63) is 147 Å². The lowest BCUT2D eigenvalue weighted by molar-refractivity contribution is -0.254.